The van der Waals surface area contributed by atoms with Crippen molar-refractivity contribution in [3.63, 3.8) is 0 Å². The molecule has 0 fully saturated rings. The van der Waals surface area contributed by atoms with Crippen LogP contribution in [0.15, 0.2) is 11.1 Å². The normalized spacial score (nSPS) is 12.3. The van der Waals surface area contributed by atoms with Gasteiger partial charge in [0, 0.05) is 16.7 Å². The highest BCUT2D eigenvalue weighted by Crippen LogP contribution is 2.36. The number of alkyl halides is 3. The lowest BCUT2D eigenvalue weighted by Crippen LogP contribution is -2.18. The molecule has 0 N–H and O–H groups in total. The van der Waals surface area contributed by atoms with Gasteiger partial charge in [0.25, 0.3) is 9.05 Å². The summed E-state index contributed by atoms with van der Waals surface area (Å²) in [5, 5.41) is -0.748. The molecule has 0 aliphatic carbocycles. The molecule has 10 heteroatoms. The van der Waals surface area contributed by atoms with Gasteiger partial charge in [0.2, 0.25) is 0 Å². The first-order valence-electron chi connectivity index (χ1n) is 4.30. The molecule has 1 heterocycles. The maximum absolute atomic E-state index is 12.1. The van der Waals surface area contributed by atoms with Gasteiger partial charge >= 0.3 is 6.36 Å². The third-order valence-electron chi connectivity index (χ3n) is 1.76. The number of aromatic nitrogens is 1. The van der Waals surface area contributed by atoms with Gasteiger partial charge in [0.15, 0.2) is 16.5 Å². The largest absolute Gasteiger partial charge is 0.573 e. The second-order valence-corrected chi connectivity index (χ2v) is 5.58. The molecule has 0 saturated heterocycles. The smallest absolute Gasteiger partial charge is 0.491 e. The molecule has 0 aliphatic rings. The Labute approximate surface area is 105 Å². The zero-order chi connectivity index (χ0) is 14.1. The molecular weight excluding hydrogens is 299 g/mol. The number of nitrogens with zero attached hydrogens (tertiary/aromatic N) is 1. The van der Waals surface area contributed by atoms with Gasteiger partial charge in [-0.05, 0) is 6.92 Å². The van der Waals surface area contributed by atoms with Crippen LogP contribution in [0.2, 0.25) is 0 Å². The zero-order valence-electron chi connectivity index (χ0n) is 9.08. The molecule has 1 aromatic rings. The molecular formula is C8H7ClF3NO4S. The lowest BCUT2D eigenvalue weighted by atomic mass is 10.3. The Bertz CT molecular complexity index is 558. The zero-order valence-corrected chi connectivity index (χ0v) is 10.7. The van der Waals surface area contributed by atoms with Crippen molar-refractivity contribution in [2.45, 2.75) is 18.3 Å². The van der Waals surface area contributed by atoms with E-state index in [0.717, 1.165) is 7.11 Å². The summed E-state index contributed by atoms with van der Waals surface area (Å²) >= 11 is 0. The summed E-state index contributed by atoms with van der Waals surface area (Å²) < 4.78 is 66.8. The Balaban J connectivity index is 3.42. The standard InChI is InChI=1S/C8H7ClF3NO4S/c1-4-7(16-2)5(17-8(10,11)12)3-6(13-4)18(9,14)15/h3H,1-2H3. The fourth-order valence-corrected chi connectivity index (χ4v) is 1.91. The van der Waals surface area contributed by atoms with Crippen LogP contribution in [0, 0.1) is 6.92 Å². The third kappa shape index (κ3) is 3.64. The number of pyridine rings is 1. The summed E-state index contributed by atoms with van der Waals surface area (Å²) in [5.41, 5.74) is -0.0986. The monoisotopic (exact) mass is 305 g/mol. The number of methoxy groups -OCH3 is 1. The summed E-state index contributed by atoms with van der Waals surface area (Å²) in [6, 6.07) is 0.543. The van der Waals surface area contributed by atoms with Crippen molar-refractivity contribution in [2.24, 2.45) is 0 Å². The number of aryl methyl sites for hydroxylation is 1. The minimum atomic E-state index is -4.99. The van der Waals surface area contributed by atoms with Gasteiger partial charge < -0.3 is 9.47 Å². The van der Waals surface area contributed by atoms with Gasteiger partial charge in [0.1, 0.15) is 0 Å². The van der Waals surface area contributed by atoms with Gasteiger partial charge in [-0.3, -0.25) is 0 Å². The minimum absolute atomic E-state index is 0.0986. The molecule has 0 unspecified atom stereocenters. The van der Waals surface area contributed by atoms with Crippen LogP contribution in [0.4, 0.5) is 13.2 Å². The fraction of sp³-hybridized carbons (Fsp3) is 0.375. The molecule has 0 aliphatic heterocycles. The molecule has 102 valence electrons. The van der Waals surface area contributed by atoms with Gasteiger partial charge in [0.05, 0.1) is 12.8 Å². The lowest BCUT2D eigenvalue weighted by Gasteiger charge is -2.14. The number of rotatable bonds is 3. The van der Waals surface area contributed by atoms with Crippen LogP contribution in [-0.4, -0.2) is 26.9 Å². The van der Waals surface area contributed by atoms with E-state index < -0.39 is 26.2 Å². The second-order valence-electron chi connectivity index (χ2n) is 3.06. The predicted octanol–water partition coefficient (Wildman–Crippen LogP) is 2.22. The number of hydrogen-bond donors (Lipinski definition) is 0. The first-order valence-corrected chi connectivity index (χ1v) is 6.61. The molecule has 0 amide bonds. The Morgan fingerprint density at radius 2 is 1.94 bits per heavy atom. The van der Waals surface area contributed by atoms with Crippen LogP contribution in [0.5, 0.6) is 11.5 Å². The highest BCUT2D eigenvalue weighted by atomic mass is 35.7. The number of hydrogen-bond acceptors (Lipinski definition) is 5. The van der Waals surface area contributed by atoms with E-state index >= 15 is 0 Å². The number of ether oxygens (including phenoxy) is 2. The van der Waals surface area contributed by atoms with Crippen LogP contribution in [0.1, 0.15) is 5.69 Å². The summed E-state index contributed by atoms with van der Waals surface area (Å²) in [7, 11) is 1.83. The first kappa shape index (κ1) is 14.8. The molecule has 0 radical (unpaired) electrons. The van der Waals surface area contributed by atoms with Crippen LogP contribution >= 0.6 is 10.7 Å². The lowest BCUT2D eigenvalue weighted by molar-refractivity contribution is -0.275. The van der Waals surface area contributed by atoms with E-state index in [1.165, 1.54) is 6.92 Å². The summed E-state index contributed by atoms with van der Waals surface area (Å²) in [5.74, 6) is -1.15. The van der Waals surface area contributed by atoms with Crippen LogP contribution in [-0.2, 0) is 9.05 Å². The maximum atomic E-state index is 12.1. The average molecular weight is 306 g/mol. The van der Waals surface area contributed by atoms with E-state index in [4.69, 9.17) is 10.7 Å². The quantitative estimate of drug-likeness (QED) is 0.801. The molecule has 18 heavy (non-hydrogen) atoms. The molecule has 0 bridgehead atoms. The summed E-state index contributed by atoms with van der Waals surface area (Å²) in [6.07, 6.45) is -4.99. The van der Waals surface area contributed by atoms with Crippen molar-refractivity contribution in [3.8, 4) is 11.5 Å². The molecule has 5 nitrogen and oxygen atoms in total. The van der Waals surface area contributed by atoms with Crippen LogP contribution < -0.4 is 9.47 Å². The highest BCUT2D eigenvalue weighted by Gasteiger charge is 2.34. The van der Waals surface area contributed by atoms with E-state index in [2.05, 4.69) is 14.5 Å². The third-order valence-corrected chi connectivity index (χ3v) is 2.95. The van der Waals surface area contributed by atoms with Gasteiger partial charge in [-0.1, -0.05) is 0 Å². The molecule has 0 spiro atoms. The van der Waals surface area contributed by atoms with E-state index in [1.54, 1.807) is 0 Å². The van der Waals surface area contributed by atoms with E-state index in [1.807, 2.05) is 0 Å². The van der Waals surface area contributed by atoms with E-state index in [-0.39, 0.29) is 11.4 Å². The Hall–Kier alpha value is -1.22. The second kappa shape index (κ2) is 4.81. The average Bonchev–Trinajstić information content (AvgIpc) is 2.13. The predicted molar refractivity (Wildman–Crippen MR) is 55.2 cm³/mol. The van der Waals surface area contributed by atoms with E-state index in [0.29, 0.717) is 6.07 Å². The van der Waals surface area contributed by atoms with Crippen molar-refractivity contribution >= 4 is 19.7 Å². The highest BCUT2D eigenvalue weighted by molar-refractivity contribution is 8.13. The first-order chi connectivity index (χ1) is 8.04. The molecule has 1 aromatic heterocycles. The summed E-state index contributed by atoms with van der Waals surface area (Å²) in [6.45, 7) is 1.26. The van der Waals surface area contributed by atoms with Crippen LogP contribution in [0.25, 0.3) is 0 Å². The Morgan fingerprint density at radius 3 is 2.33 bits per heavy atom. The molecule has 0 saturated carbocycles. The Kier molecular flexibility index (Phi) is 3.96. The fourth-order valence-electron chi connectivity index (χ4n) is 1.18. The van der Waals surface area contributed by atoms with Crippen LogP contribution in [0.3, 0.4) is 0 Å². The van der Waals surface area contributed by atoms with Gasteiger partial charge in [-0.2, -0.15) is 0 Å². The number of halogens is 4. The van der Waals surface area contributed by atoms with Crippen molar-refractivity contribution in [1.29, 1.82) is 0 Å². The molecule has 0 aromatic carbocycles. The van der Waals surface area contributed by atoms with Gasteiger partial charge in [-0.15, -0.1) is 13.2 Å². The Morgan fingerprint density at radius 1 is 1.39 bits per heavy atom. The SMILES string of the molecule is COc1c(OC(F)(F)F)cc(S(=O)(=O)Cl)nc1C. The van der Waals surface area contributed by atoms with Crippen molar-refractivity contribution < 1.29 is 31.1 Å². The van der Waals surface area contributed by atoms with Crippen molar-refractivity contribution in [1.82, 2.24) is 4.98 Å². The topological polar surface area (TPSA) is 65.5 Å². The van der Waals surface area contributed by atoms with E-state index in [9.17, 15) is 21.6 Å². The molecule has 0 atom stereocenters. The minimum Gasteiger partial charge on any atom is -0.491 e. The summed E-state index contributed by atoms with van der Waals surface area (Å²) in [4.78, 5) is 3.51. The molecule has 1 rings (SSSR count). The maximum Gasteiger partial charge on any atom is 0.573 e. The van der Waals surface area contributed by atoms with Gasteiger partial charge in [-0.25, -0.2) is 13.4 Å². The van der Waals surface area contributed by atoms with Crippen molar-refractivity contribution in [2.75, 3.05) is 7.11 Å². The van der Waals surface area contributed by atoms with Crippen molar-refractivity contribution in [3.05, 3.63) is 11.8 Å².